The van der Waals surface area contributed by atoms with E-state index in [-0.39, 0.29) is 5.91 Å². The molecule has 0 unspecified atom stereocenters. The number of carbonyl (C=O) groups excluding carboxylic acids is 1. The first kappa shape index (κ1) is 19.3. The molecule has 3 aromatic rings. The maximum Gasteiger partial charge on any atom is 0.252 e. The van der Waals surface area contributed by atoms with E-state index >= 15 is 0 Å². The number of rotatable bonds is 5. The second-order valence-corrected chi connectivity index (χ2v) is 6.45. The molecule has 0 saturated carbocycles. The number of carbonyl (C=O) groups is 1. The Morgan fingerprint density at radius 1 is 1.00 bits per heavy atom. The van der Waals surface area contributed by atoms with E-state index in [9.17, 15) is 4.79 Å². The van der Waals surface area contributed by atoms with Gasteiger partial charge in [-0.2, -0.15) is 0 Å². The molecule has 0 bridgehead atoms. The van der Waals surface area contributed by atoms with Crippen LogP contribution in [0.2, 0.25) is 0 Å². The summed E-state index contributed by atoms with van der Waals surface area (Å²) in [6.45, 7) is 2.03. The zero-order valence-electron chi connectivity index (χ0n) is 15.5. The van der Waals surface area contributed by atoms with E-state index < -0.39 is 0 Å². The molecule has 0 spiro atoms. The minimum atomic E-state index is -0.195. The Balaban J connectivity index is 1.62. The lowest BCUT2D eigenvalue weighted by atomic mass is 10.2. The largest absolute Gasteiger partial charge is 0.439 e. The molecule has 7 heteroatoms. The summed E-state index contributed by atoms with van der Waals surface area (Å²) in [4.78, 5) is 15.7. The van der Waals surface area contributed by atoms with E-state index in [0.717, 1.165) is 11.4 Å². The number of anilines is 2. The van der Waals surface area contributed by atoms with Crippen molar-refractivity contribution < 1.29 is 9.53 Å². The summed E-state index contributed by atoms with van der Waals surface area (Å²) in [5.41, 5.74) is 3.35. The minimum Gasteiger partial charge on any atom is -0.439 e. The number of hydrogen-bond donors (Lipinski definition) is 3. The van der Waals surface area contributed by atoms with Crippen LogP contribution in [0.4, 0.5) is 11.4 Å². The maximum atomic E-state index is 11.6. The molecular formula is C21H20N4O2S. The number of nitrogens with one attached hydrogen (secondary N) is 3. The van der Waals surface area contributed by atoms with Crippen molar-refractivity contribution >= 4 is 34.6 Å². The highest BCUT2D eigenvalue weighted by molar-refractivity contribution is 7.80. The van der Waals surface area contributed by atoms with Crippen LogP contribution in [0.3, 0.4) is 0 Å². The molecule has 142 valence electrons. The van der Waals surface area contributed by atoms with Crippen LogP contribution in [-0.4, -0.2) is 23.1 Å². The van der Waals surface area contributed by atoms with Gasteiger partial charge in [-0.25, -0.2) is 4.98 Å². The minimum absolute atomic E-state index is 0.195. The zero-order valence-corrected chi connectivity index (χ0v) is 16.3. The smallest absolute Gasteiger partial charge is 0.252 e. The third kappa shape index (κ3) is 5.28. The van der Waals surface area contributed by atoms with Crippen LogP contribution in [0.15, 0.2) is 66.9 Å². The quantitative estimate of drug-likeness (QED) is 0.561. The van der Waals surface area contributed by atoms with Gasteiger partial charge in [-0.3, -0.25) is 4.79 Å². The standard InChI is InChI=1S/C21H20N4O2S/c1-14-6-9-16(10-7-14)24-21(28)25-17-4-3-5-18(12-17)27-19-11-8-15(13-23-19)20(26)22-2/h3-13H,1-2H3,(H,22,26)(H2,24,25,28). The lowest BCUT2D eigenvalue weighted by molar-refractivity contribution is 0.0962. The summed E-state index contributed by atoms with van der Waals surface area (Å²) in [5, 5.41) is 9.30. The van der Waals surface area contributed by atoms with E-state index in [0.29, 0.717) is 22.3 Å². The van der Waals surface area contributed by atoms with Crippen LogP contribution in [-0.2, 0) is 0 Å². The van der Waals surface area contributed by atoms with Crippen molar-refractivity contribution in [3.63, 3.8) is 0 Å². The van der Waals surface area contributed by atoms with E-state index in [1.807, 2.05) is 55.5 Å². The van der Waals surface area contributed by atoms with Gasteiger partial charge in [-0.05, 0) is 49.5 Å². The van der Waals surface area contributed by atoms with Crippen molar-refractivity contribution in [2.75, 3.05) is 17.7 Å². The van der Waals surface area contributed by atoms with E-state index in [1.165, 1.54) is 11.8 Å². The van der Waals surface area contributed by atoms with Gasteiger partial charge in [0.05, 0.1) is 5.56 Å². The molecule has 0 atom stereocenters. The Hall–Kier alpha value is -3.45. The summed E-state index contributed by atoms with van der Waals surface area (Å²) in [5.74, 6) is 0.799. The molecule has 1 aromatic heterocycles. The number of aryl methyl sites for hydroxylation is 1. The van der Waals surface area contributed by atoms with Crippen LogP contribution >= 0.6 is 12.2 Å². The fraction of sp³-hybridized carbons (Fsp3) is 0.0952. The summed E-state index contributed by atoms with van der Waals surface area (Å²) < 4.78 is 5.75. The van der Waals surface area contributed by atoms with Gasteiger partial charge in [0.1, 0.15) is 5.75 Å². The van der Waals surface area contributed by atoms with E-state index in [1.54, 1.807) is 19.2 Å². The SMILES string of the molecule is CNC(=O)c1ccc(Oc2cccc(NC(=S)Nc3ccc(C)cc3)c2)nc1. The predicted molar refractivity (Wildman–Crippen MR) is 115 cm³/mol. The molecule has 1 amide bonds. The highest BCUT2D eigenvalue weighted by atomic mass is 32.1. The Bertz CT molecular complexity index is 972. The lowest BCUT2D eigenvalue weighted by Crippen LogP contribution is -2.19. The first-order valence-electron chi connectivity index (χ1n) is 8.64. The number of benzene rings is 2. The molecule has 0 aliphatic rings. The zero-order chi connectivity index (χ0) is 19.9. The highest BCUT2D eigenvalue weighted by Gasteiger charge is 2.06. The fourth-order valence-corrected chi connectivity index (χ4v) is 2.64. The van der Waals surface area contributed by atoms with Gasteiger partial charge in [-0.15, -0.1) is 0 Å². The highest BCUT2D eigenvalue weighted by Crippen LogP contribution is 2.23. The molecule has 6 nitrogen and oxygen atoms in total. The maximum absolute atomic E-state index is 11.6. The van der Waals surface area contributed by atoms with E-state index in [4.69, 9.17) is 17.0 Å². The normalized spacial score (nSPS) is 10.1. The predicted octanol–water partition coefficient (Wildman–Crippen LogP) is 4.35. The molecule has 0 aliphatic heterocycles. The number of nitrogens with zero attached hydrogens (tertiary/aromatic N) is 1. The Kier molecular flexibility index (Phi) is 6.18. The van der Waals surface area contributed by atoms with Crippen molar-refractivity contribution in [1.29, 1.82) is 0 Å². The number of thiocarbonyl (C=S) groups is 1. The van der Waals surface area contributed by atoms with Crippen LogP contribution in [0, 0.1) is 6.92 Å². The topological polar surface area (TPSA) is 75.3 Å². The van der Waals surface area contributed by atoms with Crippen molar-refractivity contribution in [3.05, 3.63) is 78.0 Å². The van der Waals surface area contributed by atoms with Gasteiger partial charge in [0.15, 0.2) is 5.11 Å². The van der Waals surface area contributed by atoms with Crippen LogP contribution < -0.4 is 20.7 Å². The molecular weight excluding hydrogens is 372 g/mol. The van der Waals surface area contributed by atoms with Gasteiger partial charge in [0.25, 0.3) is 5.91 Å². The molecule has 0 aliphatic carbocycles. The molecule has 0 saturated heterocycles. The monoisotopic (exact) mass is 392 g/mol. The molecule has 1 heterocycles. The second kappa shape index (κ2) is 8.96. The summed E-state index contributed by atoms with van der Waals surface area (Å²) in [6, 6.07) is 18.6. The van der Waals surface area contributed by atoms with Crippen LogP contribution in [0.5, 0.6) is 11.6 Å². The summed E-state index contributed by atoms with van der Waals surface area (Å²) in [7, 11) is 1.57. The Labute approximate surface area is 169 Å². The van der Waals surface area contributed by atoms with Gasteiger partial charge in [-0.1, -0.05) is 23.8 Å². The summed E-state index contributed by atoms with van der Waals surface area (Å²) >= 11 is 5.36. The van der Waals surface area contributed by atoms with Crippen molar-refractivity contribution in [2.45, 2.75) is 6.92 Å². The average molecular weight is 392 g/mol. The van der Waals surface area contributed by atoms with Gasteiger partial charge < -0.3 is 20.7 Å². The van der Waals surface area contributed by atoms with Crippen LogP contribution in [0.1, 0.15) is 15.9 Å². The van der Waals surface area contributed by atoms with Gasteiger partial charge in [0.2, 0.25) is 5.88 Å². The Morgan fingerprint density at radius 3 is 2.43 bits per heavy atom. The van der Waals surface area contributed by atoms with Crippen molar-refractivity contribution in [3.8, 4) is 11.6 Å². The second-order valence-electron chi connectivity index (χ2n) is 6.04. The number of ether oxygens (including phenoxy) is 1. The third-order valence-electron chi connectivity index (χ3n) is 3.85. The molecule has 3 N–H and O–H groups in total. The Morgan fingerprint density at radius 2 is 1.75 bits per heavy atom. The fourth-order valence-electron chi connectivity index (χ4n) is 2.41. The summed E-state index contributed by atoms with van der Waals surface area (Å²) in [6.07, 6.45) is 1.47. The average Bonchev–Trinajstić information content (AvgIpc) is 2.70. The molecule has 28 heavy (non-hydrogen) atoms. The van der Waals surface area contributed by atoms with Gasteiger partial charge in [0, 0.05) is 36.8 Å². The lowest BCUT2D eigenvalue weighted by Gasteiger charge is -2.12. The number of amides is 1. The molecule has 2 aromatic carbocycles. The van der Waals surface area contributed by atoms with Crippen LogP contribution in [0.25, 0.3) is 0 Å². The van der Waals surface area contributed by atoms with Crippen molar-refractivity contribution in [2.24, 2.45) is 0 Å². The number of hydrogen-bond acceptors (Lipinski definition) is 4. The molecule has 0 radical (unpaired) electrons. The third-order valence-corrected chi connectivity index (χ3v) is 4.05. The molecule has 3 rings (SSSR count). The molecule has 0 fully saturated rings. The first-order valence-corrected chi connectivity index (χ1v) is 9.05. The number of pyridine rings is 1. The number of aromatic nitrogens is 1. The first-order chi connectivity index (χ1) is 13.5. The van der Waals surface area contributed by atoms with Crippen molar-refractivity contribution in [1.82, 2.24) is 10.3 Å². The van der Waals surface area contributed by atoms with Gasteiger partial charge >= 0.3 is 0 Å². The van der Waals surface area contributed by atoms with E-state index in [2.05, 4.69) is 20.9 Å².